The molecule has 4 N–H and O–H groups in total. The van der Waals surface area contributed by atoms with Gasteiger partial charge in [0.2, 0.25) is 0 Å². The van der Waals surface area contributed by atoms with Gasteiger partial charge in [0, 0.05) is 29.6 Å². The average molecular weight is 483 g/mol. The Morgan fingerprint density at radius 1 is 1.26 bits per heavy atom. The zero-order valence-corrected chi connectivity index (χ0v) is 19.3. The summed E-state index contributed by atoms with van der Waals surface area (Å²) in [6.45, 7) is 2.47. The summed E-state index contributed by atoms with van der Waals surface area (Å²) >= 11 is 0. The minimum absolute atomic E-state index is 0.0707. The van der Waals surface area contributed by atoms with Gasteiger partial charge in [0.1, 0.15) is 17.1 Å². The van der Waals surface area contributed by atoms with Gasteiger partial charge in [0.05, 0.1) is 36.4 Å². The van der Waals surface area contributed by atoms with E-state index in [1.165, 1.54) is 12.1 Å². The molecule has 1 aliphatic carbocycles. The molecule has 0 bridgehead atoms. The first-order chi connectivity index (χ1) is 16.8. The molecular weight excluding hydrogens is 455 g/mol. The Labute approximate surface area is 200 Å². The lowest BCUT2D eigenvalue weighted by Crippen LogP contribution is -2.55. The van der Waals surface area contributed by atoms with Crippen LogP contribution in [0.2, 0.25) is 0 Å². The zero-order valence-electron chi connectivity index (χ0n) is 19.3. The summed E-state index contributed by atoms with van der Waals surface area (Å²) in [6, 6.07) is 5.57. The molecule has 1 saturated carbocycles. The lowest BCUT2D eigenvalue weighted by atomic mass is 10.0. The van der Waals surface area contributed by atoms with Crippen LogP contribution in [-0.4, -0.2) is 68.9 Å². The number of aliphatic hydroxyl groups is 1. The van der Waals surface area contributed by atoms with Gasteiger partial charge in [-0.3, -0.25) is 9.78 Å². The number of likely N-dealkylation sites (tertiary alicyclic amines) is 1. The van der Waals surface area contributed by atoms with E-state index in [2.05, 4.69) is 15.3 Å². The molecule has 9 nitrogen and oxygen atoms in total. The van der Waals surface area contributed by atoms with E-state index < -0.39 is 30.0 Å². The number of fused-ring (bicyclic) bond motifs is 1. The molecule has 3 heterocycles. The first kappa shape index (κ1) is 23.1. The van der Waals surface area contributed by atoms with Crippen LogP contribution in [0, 0.1) is 18.7 Å². The van der Waals surface area contributed by atoms with E-state index in [-0.39, 0.29) is 13.1 Å². The third-order valence-electron chi connectivity index (χ3n) is 6.67. The maximum Gasteiger partial charge on any atom is 0.407 e. The fourth-order valence-electron chi connectivity index (χ4n) is 4.55. The van der Waals surface area contributed by atoms with Crippen molar-refractivity contribution in [1.29, 1.82) is 0 Å². The van der Waals surface area contributed by atoms with E-state index in [4.69, 9.17) is 9.84 Å². The number of aryl methyl sites for hydroxylation is 1. The number of amides is 2. The molecule has 2 unspecified atom stereocenters. The summed E-state index contributed by atoms with van der Waals surface area (Å²) in [4.78, 5) is 33.1. The van der Waals surface area contributed by atoms with E-state index in [1.807, 2.05) is 0 Å². The fraction of sp³-hybridized carbons (Fsp3) is 0.400. The highest BCUT2D eigenvalue weighted by Crippen LogP contribution is 2.38. The summed E-state index contributed by atoms with van der Waals surface area (Å²) in [5.74, 6) is 0.283. The molecule has 2 amide bonds. The molecule has 5 rings (SSSR count). The van der Waals surface area contributed by atoms with Gasteiger partial charge in [0.15, 0.2) is 0 Å². The van der Waals surface area contributed by atoms with Crippen molar-refractivity contribution in [3.63, 3.8) is 0 Å². The first-order valence-electron chi connectivity index (χ1n) is 11.7. The number of benzene rings is 1. The van der Waals surface area contributed by atoms with Crippen molar-refractivity contribution in [3.8, 4) is 16.9 Å². The molecule has 2 atom stereocenters. The summed E-state index contributed by atoms with van der Waals surface area (Å²) in [5, 5.41) is 22.3. The quantitative estimate of drug-likeness (QED) is 0.427. The second-order valence-corrected chi connectivity index (χ2v) is 9.27. The number of piperidine rings is 1. The molecule has 2 aliphatic rings. The molecule has 184 valence electrons. The van der Waals surface area contributed by atoms with E-state index in [1.54, 1.807) is 25.3 Å². The Morgan fingerprint density at radius 3 is 2.77 bits per heavy atom. The molecule has 0 spiro atoms. The average Bonchev–Trinajstić information content (AvgIpc) is 3.59. The number of β-amino-alcohol motifs (C(OH)–C–C–N with tert-alkyl or cyclic N) is 1. The van der Waals surface area contributed by atoms with Crippen LogP contribution in [0.4, 0.5) is 9.18 Å². The molecule has 10 heteroatoms. The molecular formula is C25H27FN4O5. The van der Waals surface area contributed by atoms with Gasteiger partial charge in [0.25, 0.3) is 5.91 Å². The normalized spacial score (nSPS) is 20.1. The van der Waals surface area contributed by atoms with E-state index in [9.17, 15) is 19.1 Å². The number of aromatic amines is 1. The van der Waals surface area contributed by atoms with Gasteiger partial charge in [-0.05, 0) is 56.4 Å². The number of hydrogen-bond donors (Lipinski definition) is 4. The number of rotatable bonds is 6. The van der Waals surface area contributed by atoms with Gasteiger partial charge >= 0.3 is 6.09 Å². The van der Waals surface area contributed by atoms with Crippen LogP contribution in [0.5, 0.6) is 5.75 Å². The number of carbonyl (C=O) groups is 2. The largest absolute Gasteiger partial charge is 0.493 e. The number of H-pyrrole nitrogens is 1. The fourth-order valence-corrected chi connectivity index (χ4v) is 4.55. The van der Waals surface area contributed by atoms with Crippen LogP contribution in [0.15, 0.2) is 30.5 Å². The number of hydrogen-bond acceptors (Lipinski definition) is 5. The number of ether oxygens (including phenoxy) is 1. The van der Waals surface area contributed by atoms with Crippen LogP contribution in [0.25, 0.3) is 22.2 Å². The number of aliphatic hydroxyl groups excluding tert-OH is 1. The Hall–Kier alpha value is -3.66. The number of carboxylic acid groups (broad SMARTS) is 1. The highest BCUT2D eigenvalue weighted by atomic mass is 19.1. The minimum atomic E-state index is -1.10. The van der Waals surface area contributed by atoms with Crippen LogP contribution < -0.4 is 10.1 Å². The molecule has 1 aromatic carbocycles. The molecule has 1 aliphatic heterocycles. The minimum Gasteiger partial charge on any atom is -0.493 e. The molecule has 0 radical (unpaired) electrons. The topological polar surface area (TPSA) is 128 Å². The summed E-state index contributed by atoms with van der Waals surface area (Å²) in [5.41, 5.74) is 3.14. The van der Waals surface area contributed by atoms with Crippen molar-refractivity contribution < 1.29 is 28.9 Å². The van der Waals surface area contributed by atoms with Gasteiger partial charge < -0.3 is 30.2 Å². The van der Waals surface area contributed by atoms with Crippen molar-refractivity contribution in [2.45, 2.75) is 38.3 Å². The van der Waals surface area contributed by atoms with Crippen molar-refractivity contribution in [2.24, 2.45) is 5.92 Å². The van der Waals surface area contributed by atoms with Crippen LogP contribution in [-0.2, 0) is 0 Å². The Kier molecular flexibility index (Phi) is 6.06. The van der Waals surface area contributed by atoms with Gasteiger partial charge in [-0.15, -0.1) is 0 Å². The highest BCUT2D eigenvalue weighted by Gasteiger charge is 2.32. The number of aromatic nitrogens is 2. The predicted molar refractivity (Wildman–Crippen MR) is 126 cm³/mol. The Bertz CT molecular complexity index is 1290. The zero-order chi connectivity index (χ0) is 24.7. The van der Waals surface area contributed by atoms with Crippen molar-refractivity contribution in [2.75, 3.05) is 19.7 Å². The van der Waals surface area contributed by atoms with E-state index in [0.717, 1.165) is 17.7 Å². The standard InChI is InChI=1S/C25H27FN4O5/c1-13-21(24(32)29-18-7-9-30(25(33)34)11-19(18)31)23-22(28-13)16(6-8-27-23)17-10-15(26)4-5-20(17)35-12-14-2-3-14/h4-6,8,10,14,18-19,28,31H,2-3,7,9,11-12H2,1H3,(H,29,32)(H,33,34). The smallest absolute Gasteiger partial charge is 0.407 e. The lowest BCUT2D eigenvalue weighted by Gasteiger charge is -2.34. The number of pyridine rings is 1. The van der Waals surface area contributed by atoms with E-state index >= 15 is 0 Å². The van der Waals surface area contributed by atoms with Crippen LogP contribution >= 0.6 is 0 Å². The summed E-state index contributed by atoms with van der Waals surface area (Å²) in [6.07, 6.45) is 2.01. The Morgan fingerprint density at radius 2 is 2.06 bits per heavy atom. The second-order valence-electron chi connectivity index (χ2n) is 9.27. The third kappa shape index (κ3) is 4.66. The molecule has 1 saturated heterocycles. The molecule has 2 aromatic heterocycles. The maximum absolute atomic E-state index is 14.2. The monoisotopic (exact) mass is 482 g/mol. The SMILES string of the molecule is Cc1[nH]c2c(-c3cc(F)ccc3OCC3CC3)ccnc2c1C(=O)NC1CCN(C(=O)O)CC1O. The van der Waals surface area contributed by atoms with E-state index in [0.29, 0.717) is 58.1 Å². The molecule has 2 fully saturated rings. The highest BCUT2D eigenvalue weighted by molar-refractivity contribution is 6.09. The summed E-state index contributed by atoms with van der Waals surface area (Å²) in [7, 11) is 0. The van der Waals surface area contributed by atoms with Crippen LogP contribution in [0.3, 0.4) is 0 Å². The Balaban J connectivity index is 1.45. The third-order valence-corrected chi connectivity index (χ3v) is 6.67. The summed E-state index contributed by atoms with van der Waals surface area (Å²) < 4.78 is 20.2. The van der Waals surface area contributed by atoms with Gasteiger partial charge in [-0.1, -0.05) is 0 Å². The first-order valence-corrected chi connectivity index (χ1v) is 11.7. The molecule has 35 heavy (non-hydrogen) atoms. The van der Waals surface area contributed by atoms with Crippen LogP contribution in [0.1, 0.15) is 35.3 Å². The lowest BCUT2D eigenvalue weighted by molar-refractivity contribution is 0.0392. The maximum atomic E-state index is 14.2. The van der Waals surface area contributed by atoms with Gasteiger partial charge in [-0.2, -0.15) is 0 Å². The van der Waals surface area contributed by atoms with Gasteiger partial charge in [-0.25, -0.2) is 9.18 Å². The predicted octanol–water partition coefficient (Wildman–Crippen LogP) is 3.31. The number of carbonyl (C=O) groups excluding carboxylic acids is 1. The number of halogens is 1. The number of nitrogens with zero attached hydrogens (tertiary/aromatic N) is 2. The molecule has 3 aromatic rings. The number of nitrogens with one attached hydrogen (secondary N) is 2. The van der Waals surface area contributed by atoms with Crippen molar-refractivity contribution in [1.82, 2.24) is 20.2 Å². The van der Waals surface area contributed by atoms with Crippen molar-refractivity contribution in [3.05, 3.63) is 47.5 Å². The van der Waals surface area contributed by atoms with Crippen molar-refractivity contribution >= 4 is 23.0 Å². The second kappa shape index (κ2) is 9.18.